The van der Waals surface area contributed by atoms with Crippen LogP contribution >= 0.6 is 0 Å². The van der Waals surface area contributed by atoms with Gasteiger partial charge in [0, 0.05) is 37.4 Å². The molecule has 1 amide bonds. The molecule has 1 fully saturated rings. The van der Waals surface area contributed by atoms with Gasteiger partial charge >= 0.3 is 0 Å². The van der Waals surface area contributed by atoms with Gasteiger partial charge in [0.25, 0.3) is 5.91 Å². The molecule has 1 aliphatic heterocycles. The maximum atomic E-state index is 11.4. The molecule has 1 aromatic heterocycles. The second-order valence-electron chi connectivity index (χ2n) is 6.00. The van der Waals surface area contributed by atoms with Crippen LogP contribution in [0.1, 0.15) is 22.3 Å². The van der Waals surface area contributed by atoms with Crippen LogP contribution in [0, 0.1) is 0 Å². The number of nitrogens with two attached hydrogens (primary N) is 3. The number of anilines is 1. The zero-order valence-corrected chi connectivity index (χ0v) is 12.9. The monoisotopic (exact) mass is 311 g/mol. The summed E-state index contributed by atoms with van der Waals surface area (Å²) in [6.45, 7) is 2.90. The summed E-state index contributed by atoms with van der Waals surface area (Å²) in [5.41, 5.74) is 20.2. The molecule has 1 unspecified atom stereocenters. The van der Waals surface area contributed by atoms with Crippen molar-refractivity contribution >= 4 is 11.7 Å². The average Bonchev–Trinajstić information content (AvgIpc) is 2.93. The minimum Gasteiger partial charge on any atom is -0.383 e. The summed E-state index contributed by atoms with van der Waals surface area (Å²) in [6.07, 6.45) is 2.71. The molecule has 0 spiro atoms. The number of hydrogen-bond donors (Lipinski definition) is 3. The molecule has 120 valence electrons. The largest absolute Gasteiger partial charge is 0.383 e. The van der Waals surface area contributed by atoms with Crippen LogP contribution < -0.4 is 17.2 Å². The first kappa shape index (κ1) is 15.5. The average molecular weight is 311 g/mol. The summed E-state index contributed by atoms with van der Waals surface area (Å²) in [7, 11) is 0. The molecule has 1 aromatic carbocycles. The Morgan fingerprint density at radius 2 is 2.00 bits per heavy atom. The van der Waals surface area contributed by atoms with E-state index in [9.17, 15) is 4.79 Å². The second-order valence-corrected chi connectivity index (χ2v) is 6.00. The van der Waals surface area contributed by atoms with Gasteiger partial charge in [0.15, 0.2) is 0 Å². The number of aromatic nitrogens is 1. The van der Waals surface area contributed by atoms with Gasteiger partial charge in [-0.05, 0) is 23.6 Å². The van der Waals surface area contributed by atoms with E-state index in [1.54, 1.807) is 12.3 Å². The minimum atomic E-state index is -0.571. The van der Waals surface area contributed by atoms with E-state index in [0.717, 1.165) is 37.2 Å². The lowest BCUT2D eigenvalue weighted by Crippen LogP contribution is -2.26. The molecule has 0 aliphatic carbocycles. The van der Waals surface area contributed by atoms with E-state index in [0.29, 0.717) is 6.04 Å². The first-order valence-corrected chi connectivity index (χ1v) is 7.65. The third kappa shape index (κ3) is 3.49. The van der Waals surface area contributed by atoms with Crippen molar-refractivity contribution in [2.75, 3.05) is 18.8 Å². The standard InChI is InChI=1S/C17H21N5O/c18-14-5-6-22(10-14)9-11-1-3-12(4-2-11)13-7-15(17(20)23)16(19)21-8-13/h1-4,7-8,14H,5-6,9-10,18H2,(H2,19,21)(H2,20,23). The molecule has 2 heterocycles. The minimum absolute atomic E-state index is 0.156. The van der Waals surface area contributed by atoms with Gasteiger partial charge < -0.3 is 17.2 Å². The van der Waals surface area contributed by atoms with Gasteiger partial charge in [0.1, 0.15) is 5.82 Å². The van der Waals surface area contributed by atoms with Crippen molar-refractivity contribution in [3.8, 4) is 11.1 Å². The molecule has 2 aromatic rings. The Morgan fingerprint density at radius 3 is 2.61 bits per heavy atom. The first-order valence-electron chi connectivity index (χ1n) is 7.65. The molecule has 1 aliphatic rings. The molecule has 0 bridgehead atoms. The summed E-state index contributed by atoms with van der Waals surface area (Å²) in [5.74, 6) is -0.415. The van der Waals surface area contributed by atoms with Gasteiger partial charge in [-0.2, -0.15) is 0 Å². The molecule has 0 radical (unpaired) electrons. The van der Waals surface area contributed by atoms with E-state index < -0.39 is 5.91 Å². The highest BCUT2D eigenvalue weighted by molar-refractivity contribution is 5.98. The number of nitrogens with zero attached hydrogens (tertiary/aromatic N) is 2. The maximum Gasteiger partial charge on any atom is 0.252 e. The predicted molar refractivity (Wildman–Crippen MR) is 90.5 cm³/mol. The number of likely N-dealkylation sites (tertiary alicyclic amines) is 1. The topological polar surface area (TPSA) is 111 Å². The van der Waals surface area contributed by atoms with E-state index in [1.165, 1.54) is 5.56 Å². The van der Waals surface area contributed by atoms with Gasteiger partial charge in [-0.25, -0.2) is 4.98 Å². The number of carbonyl (C=O) groups is 1. The Kier molecular flexibility index (Phi) is 4.27. The fourth-order valence-corrected chi connectivity index (χ4v) is 2.90. The number of rotatable bonds is 4. The molecular formula is C17H21N5O. The van der Waals surface area contributed by atoms with Crippen molar-refractivity contribution in [3.05, 3.63) is 47.7 Å². The van der Waals surface area contributed by atoms with E-state index in [1.807, 2.05) is 12.1 Å². The van der Waals surface area contributed by atoms with E-state index >= 15 is 0 Å². The second kappa shape index (κ2) is 6.36. The number of carbonyl (C=O) groups excluding carboxylic acids is 1. The molecular weight excluding hydrogens is 290 g/mol. The number of benzene rings is 1. The van der Waals surface area contributed by atoms with Crippen molar-refractivity contribution in [1.82, 2.24) is 9.88 Å². The molecule has 1 atom stereocenters. The van der Waals surface area contributed by atoms with E-state index in [2.05, 4.69) is 22.0 Å². The summed E-state index contributed by atoms with van der Waals surface area (Å²) in [4.78, 5) is 17.8. The van der Waals surface area contributed by atoms with Crippen LogP contribution in [0.3, 0.4) is 0 Å². The summed E-state index contributed by atoms with van der Waals surface area (Å²) >= 11 is 0. The van der Waals surface area contributed by atoms with Gasteiger partial charge in [0.2, 0.25) is 0 Å². The zero-order valence-electron chi connectivity index (χ0n) is 12.9. The van der Waals surface area contributed by atoms with Crippen LogP contribution in [0.15, 0.2) is 36.5 Å². The number of hydrogen-bond acceptors (Lipinski definition) is 5. The van der Waals surface area contributed by atoms with Crippen LogP contribution in [0.4, 0.5) is 5.82 Å². The molecule has 6 nitrogen and oxygen atoms in total. The fourth-order valence-electron chi connectivity index (χ4n) is 2.90. The zero-order chi connectivity index (χ0) is 16.4. The third-order valence-corrected chi connectivity index (χ3v) is 4.19. The van der Waals surface area contributed by atoms with Crippen molar-refractivity contribution in [3.63, 3.8) is 0 Å². The molecule has 3 rings (SSSR count). The Bertz CT molecular complexity index is 713. The molecule has 6 N–H and O–H groups in total. The first-order chi connectivity index (χ1) is 11.0. The number of primary amides is 1. The van der Waals surface area contributed by atoms with Crippen LogP contribution in [0.2, 0.25) is 0 Å². The normalized spacial score (nSPS) is 18.2. The molecule has 23 heavy (non-hydrogen) atoms. The maximum absolute atomic E-state index is 11.4. The summed E-state index contributed by atoms with van der Waals surface area (Å²) in [5, 5.41) is 0. The van der Waals surface area contributed by atoms with Crippen molar-refractivity contribution in [2.45, 2.75) is 19.0 Å². The van der Waals surface area contributed by atoms with Crippen molar-refractivity contribution < 1.29 is 4.79 Å². The molecule has 1 saturated heterocycles. The van der Waals surface area contributed by atoms with Crippen molar-refractivity contribution in [2.24, 2.45) is 11.5 Å². The number of nitrogen functional groups attached to an aromatic ring is 1. The van der Waals surface area contributed by atoms with E-state index in [4.69, 9.17) is 17.2 Å². The Labute approximate surface area is 135 Å². The quantitative estimate of drug-likeness (QED) is 0.779. The Morgan fingerprint density at radius 1 is 1.26 bits per heavy atom. The van der Waals surface area contributed by atoms with Crippen LogP contribution in [0.25, 0.3) is 11.1 Å². The van der Waals surface area contributed by atoms with Crippen LogP contribution in [0.5, 0.6) is 0 Å². The number of pyridine rings is 1. The SMILES string of the molecule is NC(=O)c1cc(-c2ccc(CN3CCC(N)C3)cc2)cnc1N. The third-order valence-electron chi connectivity index (χ3n) is 4.19. The van der Waals surface area contributed by atoms with Gasteiger partial charge in [-0.15, -0.1) is 0 Å². The molecule has 0 saturated carbocycles. The Hall–Kier alpha value is -2.44. The highest BCUT2D eigenvalue weighted by Gasteiger charge is 2.18. The highest BCUT2D eigenvalue weighted by atomic mass is 16.1. The Balaban J connectivity index is 1.77. The lowest BCUT2D eigenvalue weighted by atomic mass is 10.0. The van der Waals surface area contributed by atoms with E-state index in [-0.39, 0.29) is 11.4 Å². The van der Waals surface area contributed by atoms with Gasteiger partial charge in [0.05, 0.1) is 5.56 Å². The lowest BCUT2D eigenvalue weighted by Gasteiger charge is -2.15. The van der Waals surface area contributed by atoms with Crippen molar-refractivity contribution in [1.29, 1.82) is 0 Å². The highest BCUT2D eigenvalue weighted by Crippen LogP contribution is 2.23. The molecule has 6 heteroatoms. The lowest BCUT2D eigenvalue weighted by molar-refractivity contribution is 0.100. The van der Waals surface area contributed by atoms with Crippen LogP contribution in [-0.2, 0) is 6.54 Å². The van der Waals surface area contributed by atoms with Gasteiger partial charge in [-0.3, -0.25) is 9.69 Å². The summed E-state index contributed by atoms with van der Waals surface area (Å²) in [6, 6.07) is 10.2. The van der Waals surface area contributed by atoms with Gasteiger partial charge in [-0.1, -0.05) is 24.3 Å². The fraction of sp³-hybridized carbons (Fsp3) is 0.294. The predicted octanol–water partition coefficient (Wildman–Crippen LogP) is 0.963. The smallest absolute Gasteiger partial charge is 0.252 e. The summed E-state index contributed by atoms with van der Waals surface area (Å²) < 4.78 is 0. The number of amides is 1. The van der Waals surface area contributed by atoms with Crippen LogP contribution in [-0.4, -0.2) is 34.9 Å².